The number of carboxylic acid groups (broad SMARTS) is 1. The average Bonchev–Trinajstić information content (AvgIpc) is 2.37. The summed E-state index contributed by atoms with van der Waals surface area (Å²) in [5, 5.41) is 12.0. The van der Waals surface area contributed by atoms with Gasteiger partial charge in [-0.2, -0.15) is 0 Å². The number of benzene rings is 1. The Bertz CT molecular complexity index is 546. The van der Waals surface area contributed by atoms with Gasteiger partial charge in [-0.05, 0) is 24.3 Å². The molecule has 1 unspecified atom stereocenters. The molecular weight excluding hydrogens is 294 g/mol. The van der Waals surface area contributed by atoms with Crippen molar-refractivity contribution >= 4 is 29.3 Å². The fourth-order valence-corrected chi connectivity index (χ4v) is 1.66. The van der Waals surface area contributed by atoms with Crippen LogP contribution in [0, 0.1) is 5.41 Å². The molecule has 0 spiro atoms. The van der Waals surface area contributed by atoms with Gasteiger partial charge in [-0.15, -0.1) is 0 Å². The third kappa shape index (κ3) is 5.19. The highest BCUT2D eigenvalue weighted by atomic mass is 35.5. The molecule has 1 aromatic carbocycles. The lowest BCUT2D eigenvalue weighted by molar-refractivity contribution is -0.142. The summed E-state index contributed by atoms with van der Waals surface area (Å²) in [4.78, 5) is 35.1. The molecule has 0 aliphatic rings. The first-order chi connectivity index (χ1) is 9.61. The van der Waals surface area contributed by atoms with E-state index in [1.165, 1.54) is 24.3 Å². The van der Waals surface area contributed by atoms with Crippen molar-refractivity contribution < 1.29 is 19.5 Å². The molecule has 1 amide bonds. The van der Waals surface area contributed by atoms with Crippen LogP contribution in [-0.4, -0.2) is 28.8 Å². The fourth-order valence-electron chi connectivity index (χ4n) is 1.53. The maximum atomic E-state index is 12.0. The normalized spacial score (nSPS) is 12.6. The SMILES string of the molecule is CC(C)(C)C(=O)CC(NC(=O)c1ccc(Cl)cc1)C(=O)O. The molecule has 0 aliphatic carbocycles. The van der Waals surface area contributed by atoms with Crippen LogP contribution < -0.4 is 5.32 Å². The van der Waals surface area contributed by atoms with Crippen LogP contribution in [0.2, 0.25) is 5.02 Å². The van der Waals surface area contributed by atoms with Crippen molar-refractivity contribution in [3.63, 3.8) is 0 Å². The molecule has 5 nitrogen and oxygen atoms in total. The van der Waals surface area contributed by atoms with E-state index in [2.05, 4.69) is 5.32 Å². The van der Waals surface area contributed by atoms with Gasteiger partial charge in [0.2, 0.25) is 0 Å². The first-order valence-corrected chi connectivity index (χ1v) is 6.81. The predicted molar refractivity (Wildman–Crippen MR) is 79.4 cm³/mol. The minimum absolute atomic E-state index is 0.230. The van der Waals surface area contributed by atoms with Gasteiger partial charge in [-0.3, -0.25) is 9.59 Å². The topological polar surface area (TPSA) is 83.5 Å². The number of Topliss-reactive ketones (excluding diaryl/α,β-unsaturated/α-hetero) is 1. The number of ketones is 1. The predicted octanol–water partition coefficient (Wildman–Crippen LogP) is 2.53. The first-order valence-electron chi connectivity index (χ1n) is 6.44. The standard InChI is InChI=1S/C15H18ClNO4/c1-15(2,3)12(18)8-11(14(20)21)17-13(19)9-4-6-10(16)7-5-9/h4-7,11H,8H2,1-3H3,(H,17,19)(H,20,21). The Morgan fingerprint density at radius 2 is 1.71 bits per heavy atom. The van der Waals surface area contributed by atoms with Crippen LogP contribution in [0.1, 0.15) is 37.6 Å². The number of carboxylic acids is 1. The van der Waals surface area contributed by atoms with Crippen LogP contribution in [0.3, 0.4) is 0 Å². The summed E-state index contributed by atoms with van der Waals surface area (Å²) in [7, 11) is 0. The van der Waals surface area contributed by atoms with E-state index in [4.69, 9.17) is 16.7 Å². The van der Waals surface area contributed by atoms with Gasteiger partial charge in [-0.1, -0.05) is 32.4 Å². The highest BCUT2D eigenvalue weighted by Crippen LogP contribution is 2.18. The van der Waals surface area contributed by atoms with Crippen molar-refractivity contribution in [2.75, 3.05) is 0 Å². The molecule has 2 N–H and O–H groups in total. The minimum atomic E-state index is -1.25. The molecule has 6 heteroatoms. The number of hydrogen-bond donors (Lipinski definition) is 2. The van der Waals surface area contributed by atoms with Crippen molar-refractivity contribution in [1.29, 1.82) is 0 Å². The third-order valence-corrected chi connectivity index (χ3v) is 3.19. The second-order valence-electron chi connectivity index (χ2n) is 5.75. The van der Waals surface area contributed by atoms with Gasteiger partial charge in [0.1, 0.15) is 11.8 Å². The summed E-state index contributed by atoms with van der Waals surface area (Å²) < 4.78 is 0. The van der Waals surface area contributed by atoms with E-state index in [-0.39, 0.29) is 17.8 Å². The van der Waals surface area contributed by atoms with Crippen molar-refractivity contribution in [1.82, 2.24) is 5.32 Å². The smallest absolute Gasteiger partial charge is 0.326 e. The Labute approximate surface area is 128 Å². The van der Waals surface area contributed by atoms with Crippen LogP contribution in [0.15, 0.2) is 24.3 Å². The maximum Gasteiger partial charge on any atom is 0.326 e. The average molecular weight is 312 g/mol. The van der Waals surface area contributed by atoms with Gasteiger partial charge in [0.15, 0.2) is 0 Å². The number of aliphatic carboxylic acids is 1. The summed E-state index contributed by atoms with van der Waals surface area (Å²) in [6.07, 6.45) is -0.252. The quantitative estimate of drug-likeness (QED) is 0.875. The van der Waals surface area contributed by atoms with E-state index in [9.17, 15) is 14.4 Å². The molecule has 0 aliphatic heterocycles. The van der Waals surface area contributed by atoms with Gasteiger partial charge >= 0.3 is 5.97 Å². The zero-order valence-corrected chi connectivity index (χ0v) is 12.9. The second kappa shape index (κ2) is 6.72. The molecule has 0 saturated carbocycles. The minimum Gasteiger partial charge on any atom is -0.480 e. The maximum absolute atomic E-state index is 12.0. The Morgan fingerprint density at radius 3 is 2.14 bits per heavy atom. The zero-order chi connectivity index (χ0) is 16.2. The molecule has 0 aromatic heterocycles. The Kier molecular flexibility index (Phi) is 5.49. The third-order valence-electron chi connectivity index (χ3n) is 2.94. The summed E-state index contributed by atoms with van der Waals surface area (Å²) >= 11 is 5.72. The van der Waals surface area contributed by atoms with Gasteiger partial charge < -0.3 is 10.4 Å². The zero-order valence-electron chi connectivity index (χ0n) is 12.1. The van der Waals surface area contributed by atoms with E-state index in [0.717, 1.165) is 0 Å². The highest BCUT2D eigenvalue weighted by Gasteiger charge is 2.29. The Balaban J connectivity index is 2.79. The van der Waals surface area contributed by atoms with Crippen LogP contribution in [-0.2, 0) is 9.59 Å². The van der Waals surface area contributed by atoms with Crippen LogP contribution in [0.5, 0.6) is 0 Å². The Morgan fingerprint density at radius 1 is 1.19 bits per heavy atom. The second-order valence-corrected chi connectivity index (χ2v) is 6.18. The van der Waals surface area contributed by atoms with Crippen LogP contribution >= 0.6 is 11.6 Å². The molecule has 0 saturated heterocycles. The van der Waals surface area contributed by atoms with Crippen LogP contribution in [0.25, 0.3) is 0 Å². The highest BCUT2D eigenvalue weighted by molar-refractivity contribution is 6.30. The molecule has 1 rings (SSSR count). The molecule has 1 atom stereocenters. The van der Waals surface area contributed by atoms with Gasteiger partial charge in [-0.25, -0.2) is 4.79 Å². The first kappa shape index (κ1) is 17.2. The van der Waals surface area contributed by atoms with Crippen molar-refractivity contribution in [3.8, 4) is 0 Å². The monoisotopic (exact) mass is 311 g/mol. The number of amides is 1. The fraction of sp³-hybridized carbons (Fsp3) is 0.400. The van der Waals surface area contributed by atoms with Gasteiger partial charge in [0.25, 0.3) is 5.91 Å². The summed E-state index contributed by atoms with van der Waals surface area (Å²) in [6.45, 7) is 5.11. The number of hydrogen-bond acceptors (Lipinski definition) is 3. The molecule has 0 radical (unpaired) electrons. The number of carbonyl (C=O) groups excluding carboxylic acids is 2. The molecule has 1 aromatic rings. The van der Waals surface area contributed by atoms with Crippen LogP contribution in [0.4, 0.5) is 0 Å². The van der Waals surface area contributed by atoms with Gasteiger partial charge in [0.05, 0.1) is 0 Å². The molecule has 0 heterocycles. The number of rotatable bonds is 5. The molecule has 0 fully saturated rings. The van der Waals surface area contributed by atoms with E-state index in [1.54, 1.807) is 20.8 Å². The Hall–Kier alpha value is -1.88. The molecule has 21 heavy (non-hydrogen) atoms. The number of nitrogens with one attached hydrogen (secondary N) is 1. The van der Waals surface area contributed by atoms with Gasteiger partial charge in [0, 0.05) is 22.4 Å². The van der Waals surface area contributed by atoms with E-state index in [1.807, 2.05) is 0 Å². The lowest BCUT2D eigenvalue weighted by atomic mass is 9.87. The number of halogens is 1. The molecule has 114 valence electrons. The van der Waals surface area contributed by atoms with E-state index in [0.29, 0.717) is 5.02 Å². The van der Waals surface area contributed by atoms with Crippen molar-refractivity contribution in [3.05, 3.63) is 34.9 Å². The molecule has 0 bridgehead atoms. The molecular formula is C15H18ClNO4. The summed E-state index contributed by atoms with van der Waals surface area (Å²) in [5.41, 5.74) is -0.368. The van der Waals surface area contributed by atoms with Crippen molar-refractivity contribution in [2.24, 2.45) is 5.41 Å². The van der Waals surface area contributed by atoms with E-state index < -0.39 is 23.3 Å². The largest absolute Gasteiger partial charge is 0.480 e. The summed E-state index contributed by atoms with van der Waals surface area (Å²) in [6, 6.07) is 4.79. The number of carbonyl (C=O) groups is 3. The van der Waals surface area contributed by atoms with Crippen molar-refractivity contribution in [2.45, 2.75) is 33.2 Å². The van der Waals surface area contributed by atoms with E-state index >= 15 is 0 Å². The summed E-state index contributed by atoms with van der Waals surface area (Å²) in [5.74, 6) is -2.03. The lowest BCUT2D eigenvalue weighted by Crippen LogP contribution is -2.43. The lowest BCUT2D eigenvalue weighted by Gasteiger charge is -2.20.